The highest BCUT2D eigenvalue weighted by Crippen LogP contribution is 2.28. The van der Waals surface area contributed by atoms with Gasteiger partial charge in [-0.1, -0.05) is 55.5 Å². The minimum absolute atomic E-state index is 0.0884. The summed E-state index contributed by atoms with van der Waals surface area (Å²) in [5.41, 5.74) is 2.91. The Labute approximate surface area is 169 Å². The number of likely N-dealkylation sites (tertiary alicyclic amines) is 1. The molecular formula is C23H23N3O3. The number of para-hydroxylation sites is 1. The normalized spacial score (nSPS) is 19.1. The first-order chi connectivity index (χ1) is 14.0. The van der Waals surface area contributed by atoms with Gasteiger partial charge >= 0.3 is 5.97 Å². The van der Waals surface area contributed by atoms with Crippen molar-refractivity contribution in [2.24, 2.45) is 11.8 Å². The predicted molar refractivity (Wildman–Crippen MR) is 110 cm³/mol. The van der Waals surface area contributed by atoms with Crippen LogP contribution in [0.1, 0.15) is 23.7 Å². The van der Waals surface area contributed by atoms with Gasteiger partial charge in [-0.25, -0.2) is 4.68 Å². The van der Waals surface area contributed by atoms with E-state index in [2.05, 4.69) is 0 Å². The van der Waals surface area contributed by atoms with E-state index in [9.17, 15) is 14.7 Å². The zero-order valence-electron chi connectivity index (χ0n) is 16.2. The Morgan fingerprint density at radius 3 is 2.31 bits per heavy atom. The molecule has 6 heteroatoms. The number of hydrogen-bond acceptors (Lipinski definition) is 3. The van der Waals surface area contributed by atoms with Crippen molar-refractivity contribution in [1.29, 1.82) is 0 Å². The lowest BCUT2D eigenvalue weighted by molar-refractivity contribution is -0.145. The van der Waals surface area contributed by atoms with Gasteiger partial charge in [-0.15, -0.1) is 0 Å². The van der Waals surface area contributed by atoms with Crippen LogP contribution >= 0.6 is 0 Å². The zero-order chi connectivity index (χ0) is 20.4. The maximum atomic E-state index is 13.4. The van der Waals surface area contributed by atoms with Crippen LogP contribution in [-0.2, 0) is 4.79 Å². The summed E-state index contributed by atoms with van der Waals surface area (Å²) in [6, 6.07) is 19.3. The smallest absolute Gasteiger partial charge is 0.306 e. The molecule has 6 nitrogen and oxygen atoms in total. The summed E-state index contributed by atoms with van der Waals surface area (Å²) < 4.78 is 1.73. The SMILES string of the molecule is CC1CN(C(=O)c2cn(-c3ccccc3)nc2-c2ccccc2)CCC1C(=O)O. The zero-order valence-corrected chi connectivity index (χ0v) is 16.2. The molecule has 2 heterocycles. The molecule has 3 aromatic rings. The predicted octanol–water partition coefficient (Wildman–Crippen LogP) is 3.72. The molecule has 148 valence electrons. The maximum Gasteiger partial charge on any atom is 0.306 e. The first-order valence-corrected chi connectivity index (χ1v) is 9.77. The van der Waals surface area contributed by atoms with Crippen LogP contribution in [0.2, 0.25) is 0 Å². The van der Waals surface area contributed by atoms with Gasteiger partial charge in [-0.3, -0.25) is 9.59 Å². The quantitative estimate of drug-likeness (QED) is 0.738. The number of piperidine rings is 1. The Morgan fingerprint density at radius 2 is 1.69 bits per heavy atom. The molecule has 1 amide bonds. The van der Waals surface area contributed by atoms with Gasteiger partial charge in [0.2, 0.25) is 0 Å². The molecule has 1 saturated heterocycles. The van der Waals surface area contributed by atoms with E-state index in [0.29, 0.717) is 30.8 Å². The Balaban J connectivity index is 1.70. The average molecular weight is 389 g/mol. The van der Waals surface area contributed by atoms with E-state index in [-0.39, 0.29) is 11.8 Å². The van der Waals surface area contributed by atoms with Crippen molar-refractivity contribution < 1.29 is 14.7 Å². The van der Waals surface area contributed by atoms with Crippen molar-refractivity contribution in [1.82, 2.24) is 14.7 Å². The Morgan fingerprint density at radius 1 is 1.03 bits per heavy atom. The van der Waals surface area contributed by atoms with Gasteiger partial charge in [0, 0.05) is 24.8 Å². The van der Waals surface area contributed by atoms with Gasteiger partial charge in [0.25, 0.3) is 5.91 Å². The molecule has 0 spiro atoms. The van der Waals surface area contributed by atoms with Gasteiger partial charge in [0.15, 0.2) is 0 Å². The highest BCUT2D eigenvalue weighted by Gasteiger charge is 2.34. The molecule has 0 radical (unpaired) electrons. The Kier molecular flexibility index (Phi) is 5.16. The van der Waals surface area contributed by atoms with E-state index in [1.54, 1.807) is 15.8 Å². The lowest BCUT2D eigenvalue weighted by Gasteiger charge is -2.34. The number of carboxylic acid groups (broad SMARTS) is 1. The van der Waals surface area contributed by atoms with Crippen molar-refractivity contribution in [3.8, 4) is 16.9 Å². The molecule has 2 atom stereocenters. The molecule has 29 heavy (non-hydrogen) atoms. The number of benzene rings is 2. The maximum absolute atomic E-state index is 13.4. The third-order valence-corrected chi connectivity index (χ3v) is 5.52. The molecular weight excluding hydrogens is 366 g/mol. The van der Waals surface area contributed by atoms with E-state index >= 15 is 0 Å². The first-order valence-electron chi connectivity index (χ1n) is 9.77. The van der Waals surface area contributed by atoms with Gasteiger partial charge in [0.05, 0.1) is 17.2 Å². The number of rotatable bonds is 4. The summed E-state index contributed by atoms with van der Waals surface area (Å²) in [5, 5.41) is 14.1. The third kappa shape index (κ3) is 3.78. The van der Waals surface area contributed by atoms with Gasteiger partial charge in [0.1, 0.15) is 5.69 Å². The lowest BCUT2D eigenvalue weighted by atomic mass is 9.87. The summed E-state index contributed by atoms with van der Waals surface area (Å²) in [4.78, 5) is 26.5. The van der Waals surface area contributed by atoms with E-state index in [1.165, 1.54) is 0 Å². The van der Waals surface area contributed by atoms with Crippen LogP contribution in [0.5, 0.6) is 0 Å². The molecule has 1 aliphatic rings. The molecule has 0 aliphatic carbocycles. The van der Waals surface area contributed by atoms with Gasteiger partial charge < -0.3 is 10.0 Å². The van der Waals surface area contributed by atoms with E-state index in [0.717, 1.165) is 11.3 Å². The Bertz CT molecular complexity index is 1010. The van der Waals surface area contributed by atoms with Gasteiger partial charge in [-0.05, 0) is 24.5 Å². The first kappa shape index (κ1) is 18.9. The Hall–Kier alpha value is -3.41. The number of nitrogens with zero attached hydrogens (tertiary/aromatic N) is 3. The lowest BCUT2D eigenvalue weighted by Crippen LogP contribution is -2.45. The van der Waals surface area contributed by atoms with Crippen molar-refractivity contribution in [3.63, 3.8) is 0 Å². The minimum atomic E-state index is -0.786. The molecule has 1 fully saturated rings. The molecule has 4 rings (SSSR count). The van der Waals surface area contributed by atoms with Crippen LogP contribution in [0.3, 0.4) is 0 Å². The number of aliphatic carboxylic acids is 1. The second-order valence-corrected chi connectivity index (χ2v) is 7.50. The fourth-order valence-electron chi connectivity index (χ4n) is 3.92. The number of carbonyl (C=O) groups is 2. The fraction of sp³-hybridized carbons (Fsp3) is 0.261. The summed E-state index contributed by atoms with van der Waals surface area (Å²) in [6.07, 6.45) is 2.24. The van der Waals surface area contributed by atoms with Crippen molar-refractivity contribution >= 4 is 11.9 Å². The highest BCUT2D eigenvalue weighted by molar-refractivity contribution is 6.00. The van der Waals surface area contributed by atoms with Crippen LogP contribution in [0.4, 0.5) is 0 Å². The summed E-state index contributed by atoms with van der Waals surface area (Å²) in [7, 11) is 0. The fourth-order valence-corrected chi connectivity index (χ4v) is 3.92. The van der Waals surface area contributed by atoms with Crippen LogP contribution in [0.15, 0.2) is 66.9 Å². The number of amides is 1. The molecule has 0 saturated carbocycles. The topological polar surface area (TPSA) is 75.4 Å². The van der Waals surface area contributed by atoms with Crippen molar-refractivity contribution in [3.05, 3.63) is 72.4 Å². The molecule has 1 aromatic heterocycles. The highest BCUT2D eigenvalue weighted by atomic mass is 16.4. The van der Waals surface area contributed by atoms with E-state index < -0.39 is 11.9 Å². The monoisotopic (exact) mass is 389 g/mol. The van der Waals surface area contributed by atoms with Crippen LogP contribution < -0.4 is 0 Å². The molecule has 0 bridgehead atoms. The average Bonchev–Trinajstić information content (AvgIpc) is 3.19. The van der Waals surface area contributed by atoms with Crippen LogP contribution in [0, 0.1) is 11.8 Å². The minimum Gasteiger partial charge on any atom is -0.481 e. The standard InChI is InChI=1S/C23H23N3O3/c1-16-14-25(13-12-19(16)23(28)29)22(27)20-15-26(18-10-6-3-7-11-18)24-21(20)17-8-4-2-5-9-17/h2-11,15-16,19H,12-14H2,1H3,(H,28,29). The summed E-state index contributed by atoms with van der Waals surface area (Å²) >= 11 is 0. The molecule has 2 aromatic carbocycles. The summed E-state index contributed by atoms with van der Waals surface area (Å²) in [5.74, 6) is -1.39. The van der Waals surface area contributed by atoms with E-state index in [1.807, 2.05) is 67.6 Å². The largest absolute Gasteiger partial charge is 0.481 e. The third-order valence-electron chi connectivity index (χ3n) is 5.52. The molecule has 1 aliphatic heterocycles. The summed E-state index contributed by atoms with van der Waals surface area (Å²) in [6.45, 7) is 2.76. The molecule has 2 unspecified atom stereocenters. The van der Waals surface area contributed by atoms with E-state index in [4.69, 9.17) is 5.10 Å². The van der Waals surface area contributed by atoms with Crippen molar-refractivity contribution in [2.45, 2.75) is 13.3 Å². The number of carboxylic acids is 1. The number of hydrogen-bond donors (Lipinski definition) is 1. The van der Waals surface area contributed by atoms with Crippen LogP contribution in [0.25, 0.3) is 16.9 Å². The second kappa shape index (κ2) is 7.91. The van der Waals surface area contributed by atoms with Crippen LogP contribution in [-0.4, -0.2) is 44.8 Å². The second-order valence-electron chi connectivity index (χ2n) is 7.50. The number of carbonyl (C=O) groups excluding carboxylic acids is 1. The molecule has 1 N–H and O–H groups in total. The van der Waals surface area contributed by atoms with Crippen molar-refractivity contribution in [2.75, 3.05) is 13.1 Å². The van der Waals surface area contributed by atoms with Gasteiger partial charge in [-0.2, -0.15) is 5.10 Å². The number of aromatic nitrogens is 2.